The highest BCUT2D eigenvalue weighted by atomic mass is 32.2. The van der Waals surface area contributed by atoms with Crippen molar-refractivity contribution in [3.8, 4) is 0 Å². The van der Waals surface area contributed by atoms with Crippen LogP contribution in [0.25, 0.3) is 0 Å². The van der Waals surface area contributed by atoms with Gasteiger partial charge in [0.05, 0.1) is 17.0 Å². The summed E-state index contributed by atoms with van der Waals surface area (Å²) in [5, 5.41) is 12.2. The maximum Gasteiger partial charge on any atom is 0.250 e. The van der Waals surface area contributed by atoms with E-state index in [4.69, 9.17) is 5.73 Å². The largest absolute Gasteiger partial charge is 0.366 e. The summed E-state index contributed by atoms with van der Waals surface area (Å²) in [5.41, 5.74) is 6.06. The van der Waals surface area contributed by atoms with E-state index >= 15 is 0 Å². The van der Waals surface area contributed by atoms with Crippen LogP contribution in [0, 0.1) is 0 Å². The summed E-state index contributed by atoms with van der Waals surface area (Å²) in [6.45, 7) is 4.45. The molecular formula is C20H25N5O2S. The number of hydrogen-bond donors (Lipinski definition) is 2. The Balaban J connectivity index is 1.67. The molecule has 1 aromatic heterocycles. The summed E-state index contributed by atoms with van der Waals surface area (Å²) >= 11 is 1.33. The minimum Gasteiger partial charge on any atom is -0.366 e. The van der Waals surface area contributed by atoms with Gasteiger partial charge in [0.1, 0.15) is 5.82 Å². The van der Waals surface area contributed by atoms with E-state index in [9.17, 15) is 9.59 Å². The molecule has 0 aliphatic heterocycles. The highest BCUT2D eigenvalue weighted by molar-refractivity contribution is 7.99. The molecule has 0 bridgehead atoms. The first kappa shape index (κ1) is 20.1. The number of amides is 2. The fourth-order valence-electron chi connectivity index (χ4n) is 3.49. The van der Waals surface area contributed by atoms with Crippen LogP contribution in [0.1, 0.15) is 54.2 Å². The predicted molar refractivity (Wildman–Crippen MR) is 110 cm³/mol. The van der Waals surface area contributed by atoms with Gasteiger partial charge in [-0.25, -0.2) is 0 Å². The number of para-hydroxylation sites is 1. The van der Waals surface area contributed by atoms with Gasteiger partial charge in [-0.15, -0.1) is 16.8 Å². The summed E-state index contributed by atoms with van der Waals surface area (Å²) in [6, 6.07) is 6.69. The molecular weight excluding hydrogens is 374 g/mol. The molecule has 148 valence electrons. The lowest BCUT2D eigenvalue weighted by Gasteiger charge is -2.21. The van der Waals surface area contributed by atoms with Crippen molar-refractivity contribution in [2.75, 3.05) is 11.1 Å². The Morgan fingerprint density at radius 2 is 2.00 bits per heavy atom. The van der Waals surface area contributed by atoms with Gasteiger partial charge in [0, 0.05) is 12.5 Å². The van der Waals surface area contributed by atoms with Gasteiger partial charge in [-0.2, -0.15) is 0 Å². The lowest BCUT2D eigenvalue weighted by Crippen LogP contribution is -2.19. The third-order valence-corrected chi connectivity index (χ3v) is 5.79. The quantitative estimate of drug-likeness (QED) is 0.523. The number of primary amides is 1. The van der Waals surface area contributed by atoms with Crippen molar-refractivity contribution < 1.29 is 9.59 Å². The Morgan fingerprint density at radius 3 is 2.71 bits per heavy atom. The molecule has 1 aromatic carbocycles. The molecule has 1 saturated carbocycles. The third-order valence-electron chi connectivity index (χ3n) is 4.83. The van der Waals surface area contributed by atoms with Gasteiger partial charge in [-0.3, -0.25) is 9.59 Å². The number of anilines is 1. The molecule has 3 rings (SSSR count). The van der Waals surface area contributed by atoms with E-state index in [0.717, 1.165) is 18.7 Å². The highest BCUT2D eigenvalue weighted by Gasteiger charge is 2.23. The van der Waals surface area contributed by atoms with Crippen LogP contribution in [0.2, 0.25) is 0 Å². The number of nitrogens with zero attached hydrogens (tertiary/aromatic N) is 3. The number of hydrogen-bond acceptors (Lipinski definition) is 5. The SMILES string of the molecule is C=CCn1c(SCC(=O)Nc2ccccc2C(N)=O)nnc1C1CCCCC1. The number of allylic oxidation sites excluding steroid dienone is 1. The lowest BCUT2D eigenvalue weighted by atomic mass is 9.89. The molecule has 8 heteroatoms. The third kappa shape index (κ3) is 4.81. The molecule has 0 unspecified atom stereocenters. The van der Waals surface area contributed by atoms with E-state index in [0.29, 0.717) is 23.3 Å². The average Bonchev–Trinajstić information content (AvgIpc) is 3.10. The summed E-state index contributed by atoms with van der Waals surface area (Å²) in [5.74, 6) is 0.762. The second kappa shape index (κ2) is 9.54. The molecule has 28 heavy (non-hydrogen) atoms. The zero-order chi connectivity index (χ0) is 19.9. The number of carbonyl (C=O) groups is 2. The molecule has 1 heterocycles. The molecule has 2 aromatic rings. The topological polar surface area (TPSA) is 103 Å². The number of thioether (sulfide) groups is 1. The molecule has 7 nitrogen and oxygen atoms in total. The van der Waals surface area contributed by atoms with E-state index in [1.807, 2.05) is 6.08 Å². The summed E-state index contributed by atoms with van der Waals surface area (Å²) in [6.07, 6.45) is 7.80. The van der Waals surface area contributed by atoms with Crippen molar-refractivity contribution in [1.82, 2.24) is 14.8 Å². The van der Waals surface area contributed by atoms with Crippen LogP contribution in [0.4, 0.5) is 5.69 Å². The lowest BCUT2D eigenvalue weighted by molar-refractivity contribution is -0.113. The Bertz CT molecular complexity index is 858. The van der Waals surface area contributed by atoms with Crippen LogP contribution in [-0.2, 0) is 11.3 Å². The highest BCUT2D eigenvalue weighted by Crippen LogP contribution is 2.33. The van der Waals surface area contributed by atoms with Crippen molar-refractivity contribution in [2.24, 2.45) is 5.73 Å². The van der Waals surface area contributed by atoms with Crippen molar-refractivity contribution in [3.05, 3.63) is 48.3 Å². The number of benzene rings is 1. The minimum absolute atomic E-state index is 0.160. The first-order chi connectivity index (χ1) is 13.6. The van der Waals surface area contributed by atoms with Crippen molar-refractivity contribution in [1.29, 1.82) is 0 Å². The zero-order valence-electron chi connectivity index (χ0n) is 15.8. The van der Waals surface area contributed by atoms with Gasteiger partial charge in [-0.05, 0) is 25.0 Å². The number of carbonyl (C=O) groups excluding carboxylic acids is 2. The Kier molecular flexibility index (Phi) is 6.86. The van der Waals surface area contributed by atoms with Gasteiger partial charge < -0.3 is 15.6 Å². The number of nitrogens with two attached hydrogens (primary N) is 1. The zero-order valence-corrected chi connectivity index (χ0v) is 16.6. The summed E-state index contributed by atoms with van der Waals surface area (Å²) in [4.78, 5) is 23.9. The van der Waals surface area contributed by atoms with E-state index in [-0.39, 0.29) is 17.2 Å². The first-order valence-electron chi connectivity index (χ1n) is 9.45. The maximum atomic E-state index is 12.4. The predicted octanol–water partition coefficient (Wildman–Crippen LogP) is 3.34. The van der Waals surface area contributed by atoms with Crippen molar-refractivity contribution in [2.45, 2.75) is 49.7 Å². The monoisotopic (exact) mass is 399 g/mol. The Hall–Kier alpha value is -2.61. The average molecular weight is 400 g/mol. The molecule has 1 fully saturated rings. The second-order valence-corrected chi connectivity index (χ2v) is 7.76. The summed E-state index contributed by atoms with van der Waals surface area (Å²) < 4.78 is 2.05. The number of aromatic nitrogens is 3. The molecule has 2 amide bonds. The molecule has 1 aliphatic rings. The molecule has 1 aliphatic carbocycles. The van der Waals surface area contributed by atoms with E-state index in [1.54, 1.807) is 24.3 Å². The second-order valence-electron chi connectivity index (χ2n) is 6.82. The fraction of sp³-hybridized carbons (Fsp3) is 0.400. The van der Waals surface area contributed by atoms with Crippen LogP contribution in [0.3, 0.4) is 0 Å². The van der Waals surface area contributed by atoms with Crippen LogP contribution in [0.5, 0.6) is 0 Å². The van der Waals surface area contributed by atoms with E-state index < -0.39 is 5.91 Å². The van der Waals surface area contributed by atoms with Crippen LogP contribution in [0.15, 0.2) is 42.1 Å². The molecule has 0 atom stereocenters. The van der Waals surface area contributed by atoms with E-state index in [2.05, 4.69) is 26.7 Å². The normalized spacial score (nSPS) is 14.6. The van der Waals surface area contributed by atoms with Gasteiger partial charge in [0.2, 0.25) is 5.91 Å². The van der Waals surface area contributed by atoms with E-state index in [1.165, 1.54) is 31.0 Å². The van der Waals surface area contributed by atoms with Crippen LogP contribution >= 0.6 is 11.8 Å². The first-order valence-corrected chi connectivity index (χ1v) is 10.4. The van der Waals surface area contributed by atoms with Gasteiger partial charge in [0.15, 0.2) is 5.16 Å². The van der Waals surface area contributed by atoms with Crippen molar-refractivity contribution >= 4 is 29.3 Å². The minimum atomic E-state index is -0.577. The van der Waals surface area contributed by atoms with Gasteiger partial charge >= 0.3 is 0 Å². The molecule has 0 radical (unpaired) electrons. The molecule has 0 saturated heterocycles. The van der Waals surface area contributed by atoms with Gasteiger partial charge in [0.25, 0.3) is 5.91 Å². The van der Waals surface area contributed by atoms with Crippen molar-refractivity contribution in [3.63, 3.8) is 0 Å². The fourth-order valence-corrected chi connectivity index (χ4v) is 4.25. The van der Waals surface area contributed by atoms with Crippen LogP contribution < -0.4 is 11.1 Å². The van der Waals surface area contributed by atoms with Crippen LogP contribution in [-0.4, -0.2) is 32.3 Å². The van der Waals surface area contributed by atoms with Gasteiger partial charge in [-0.1, -0.05) is 49.2 Å². The Morgan fingerprint density at radius 1 is 1.25 bits per heavy atom. The molecule has 3 N–H and O–H groups in total. The maximum absolute atomic E-state index is 12.4. The molecule has 0 spiro atoms. The Labute approximate surface area is 168 Å². The standard InChI is InChI=1S/C20H25N5O2S/c1-2-12-25-19(14-8-4-3-5-9-14)23-24-20(25)28-13-17(26)22-16-11-7-6-10-15(16)18(21)27/h2,6-7,10-11,14H,1,3-5,8-9,12-13H2,(H2,21,27)(H,22,26). The summed E-state index contributed by atoms with van der Waals surface area (Å²) in [7, 11) is 0. The number of rotatable bonds is 8. The number of nitrogens with one attached hydrogen (secondary N) is 1. The smallest absolute Gasteiger partial charge is 0.250 e.